The van der Waals surface area contributed by atoms with Gasteiger partial charge in [-0.25, -0.2) is 10.3 Å². The van der Waals surface area contributed by atoms with Crippen molar-refractivity contribution in [2.75, 3.05) is 0 Å². The number of carbonyl (C=O) groups is 1. The van der Waals surface area contributed by atoms with Gasteiger partial charge in [0.25, 0.3) is 0 Å². The molecule has 0 unspecified atom stereocenters. The second-order valence-corrected chi connectivity index (χ2v) is 1.43. The number of carboxylic acids is 1. The number of hydrogen-bond acceptors (Lipinski definition) is 3. The van der Waals surface area contributed by atoms with Crippen LogP contribution < -0.4 is 5.48 Å². The summed E-state index contributed by atoms with van der Waals surface area (Å²) in [7, 11) is 0. The van der Waals surface area contributed by atoms with Gasteiger partial charge in [0, 0.05) is 51.4 Å². The average Bonchev–Trinajstić information content (AvgIpc) is 1.90. The number of nitrogens with one attached hydrogen (secondary N) is 1. The minimum Gasteiger partial charge on any atom is -0.476 e. The quantitative estimate of drug-likeness (QED) is 0.521. The third kappa shape index (κ3) is 2.85. The SMILES string of the molecule is O=C(O)C1=CC=CON1.[K]. The van der Waals surface area contributed by atoms with E-state index in [1.165, 1.54) is 18.4 Å². The van der Waals surface area contributed by atoms with Gasteiger partial charge in [0.05, 0.1) is 0 Å². The molecule has 1 aliphatic heterocycles. The third-order valence-corrected chi connectivity index (χ3v) is 0.809. The molecule has 1 aliphatic rings. The molecule has 0 amide bonds. The zero-order valence-electron chi connectivity index (χ0n) is 5.50. The van der Waals surface area contributed by atoms with Gasteiger partial charge in [-0.15, -0.1) is 0 Å². The first-order chi connectivity index (χ1) is 4.30. The van der Waals surface area contributed by atoms with E-state index in [0.29, 0.717) is 0 Å². The van der Waals surface area contributed by atoms with Crippen molar-refractivity contribution in [3.05, 3.63) is 24.1 Å². The normalized spacial score (nSPS) is 13.8. The molecule has 5 heteroatoms. The molecule has 2 N–H and O–H groups in total. The molecule has 0 aromatic rings. The van der Waals surface area contributed by atoms with Crippen molar-refractivity contribution >= 4 is 57.4 Å². The fourth-order valence-electron chi connectivity index (χ4n) is 0.421. The van der Waals surface area contributed by atoms with Crippen LogP contribution in [0.15, 0.2) is 24.1 Å². The molecule has 49 valence electrons. The molecule has 0 saturated carbocycles. The molecule has 1 radical (unpaired) electrons. The maximum absolute atomic E-state index is 10.1. The van der Waals surface area contributed by atoms with Crippen LogP contribution >= 0.6 is 0 Å². The first-order valence-electron chi connectivity index (χ1n) is 2.32. The Labute approximate surface area is 100 Å². The number of rotatable bonds is 1. The Kier molecular flexibility index (Phi) is 5.01. The van der Waals surface area contributed by atoms with Gasteiger partial charge in [0.15, 0.2) is 5.70 Å². The maximum atomic E-state index is 10.1. The van der Waals surface area contributed by atoms with Crippen molar-refractivity contribution in [3.8, 4) is 0 Å². The Morgan fingerprint density at radius 1 is 1.70 bits per heavy atom. The van der Waals surface area contributed by atoms with E-state index in [2.05, 4.69) is 10.3 Å². The van der Waals surface area contributed by atoms with Gasteiger partial charge in [0.1, 0.15) is 6.26 Å². The van der Waals surface area contributed by atoms with Crippen LogP contribution in [0.5, 0.6) is 0 Å². The summed E-state index contributed by atoms with van der Waals surface area (Å²) in [5.41, 5.74) is 2.23. The molecule has 4 nitrogen and oxygen atoms in total. The number of aliphatic carboxylic acids is 1. The minimum atomic E-state index is -1.03. The molecule has 0 fully saturated rings. The Balaban J connectivity index is 0.000000810. The van der Waals surface area contributed by atoms with Gasteiger partial charge in [-0.05, 0) is 12.2 Å². The number of hydroxylamine groups is 1. The largest absolute Gasteiger partial charge is 0.476 e. The maximum Gasteiger partial charge on any atom is 0.355 e. The summed E-state index contributed by atoms with van der Waals surface area (Å²) < 4.78 is 0. The first-order valence-corrected chi connectivity index (χ1v) is 2.32. The van der Waals surface area contributed by atoms with Crippen LogP contribution in [-0.2, 0) is 9.63 Å². The van der Waals surface area contributed by atoms with Crippen molar-refractivity contribution in [2.24, 2.45) is 0 Å². The van der Waals surface area contributed by atoms with E-state index >= 15 is 0 Å². The predicted octanol–water partition coefficient (Wildman–Crippen LogP) is -0.377. The van der Waals surface area contributed by atoms with Gasteiger partial charge >= 0.3 is 5.97 Å². The standard InChI is InChI=1S/C5H5NO3.K/c7-5(8)4-2-1-3-9-6-4;/h1-3,6H,(H,7,8);. The summed E-state index contributed by atoms with van der Waals surface area (Å²) in [5, 5.41) is 8.29. The second-order valence-electron chi connectivity index (χ2n) is 1.43. The summed E-state index contributed by atoms with van der Waals surface area (Å²) in [6.07, 6.45) is 4.26. The van der Waals surface area contributed by atoms with Gasteiger partial charge in [0.2, 0.25) is 0 Å². The van der Waals surface area contributed by atoms with Crippen LogP contribution in [0.3, 0.4) is 0 Å². The van der Waals surface area contributed by atoms with E-state index in [4.69, 9.17) is 5.11 Å². The summed E-state index contributed by atoms with van der Waals surface area (Å²) in [6.45, 7) is 0. The smallest absolute Gasteiger partial charge is 0.355 e. The molecule has 0 spiro atoms. The summed E-state index contributed by atoms with van der Waals surface area (Å²) in [5.74, 6) is -1.03. The van der Waals surface area contributed by atoms with E-state index in [1.54, 1.807) is 0 Å². The molecule has 10 heavy (non-hydrogen) atoms. The second kappa shape index (κ2) is 4.92. The molecular weight excluding hydrogens is 161 g/mol. The van der Waals surface area contributed by atoms with Crippen LogP contribution in [0, 0.1) is 0 Å². The van der Waals surface area contributed by atoms with Crippen LogP contribution in [0.4, 0.5) is 0 Å². The van der Waals surface area contributed by atoms with Gasteiger partial charge in [-0.3, -0.25) is 0 Å². The number of carboxylic acid groups (broad SMARTS) is 1. The number of allylic oxidation sites excluding steroid dienone is 2. The summed E-state index contributed by atoms with van der Waals surface area (Å²) in [6, 6.07) is 0. The third-order valence-electron chi connectivity index (χ3n) is 0.809. The van der Waals surface area contributed by atoms with Gasteiger partial charge in [-0.2, -0.15) is 0 Å². The van der Waals surface area contributed by atoms with Crippen molar-refractivity contribution < 1.29 is 14.7 Å². The van der Waals surface area contributed by atoms with E-state index in [-0.39, 0.29) is 57.1 Å². The fourth-order valence-corrected chi connectivity index (χ4v) is 0.421. The Morgan fingerprint density at radius 3 is 2.70 bits per heavy atom. The van der Waals surface area contributed by atoms with E-state index in [0.717, 1.165) is 0 Å². The molecular formula is C5H5KNO3. The van der Waals surface area contributed by atoms with Gasteiger partial charge < -0.3 is 9.94 Å². The molecule has 0 aromatic heterocycles. The predicted molar refractivity (Wildman–Crippen MR) is 34.8 cm³/mol. The van der Waals surface area contributed by atoms with Gasteiger partial charge in [-0.1, -0.05) is 0 Å². The molecule has 0 aromatic carbocycles. The zero-order chi connectivity index (χ0) is 6.69. The van der Waals surface area contributed by atoms with E-state index < -0.39 is 5.97 Å². The minimum absolute atomic E-state index is 0. The van der Waals surface area contributed by atoms with Crippen molar-refractivity contribution in [3.63, 3.8) is 0 Å². The van der Waals surface area contributed by atoms with Crippen LogP contribution in [0.1, 0.15) is 0 Å². The molecule has 0 atom stereocenters. The Morgan fingerprint density at radius 2 is 2.40 bits per heavy atom. The molecule has 1 heterocycles. The molecule has 1 rings (SSSR count). The number of hydrogen-bond donors (Lipinski definition) is 2. The Hall–Kier alpha value is 0.186. The van der Waals surface area contributed by atoms with Crippen LogP contribution in [0.2, 0.25) is 0 Å². The van der Waals surface area contributed by atoms with Crippen molar-refractivity contribution in [2.45, 2.75) is 0 Å². The molecule has 0 aliphatic carbocycles. The van der Waals surface area contributed by atoms with Crippen molar-refractivity contribution in [1.82, 2.24) is 5.48 Å². The van der Waals surface area contributed by atoms with E-state index in [9.17, 15) is 4.79 Å². The zero-order valence-corrected chi connectivity index (χ0v) is 8.62. The Bertz CT molecular complexity index is 187. The first kappa shape index (κ1) is 10.2. The average molecular weight is 166 g/mol. The monoisotopic (exact) mass is 166 g/mol. The fraction of sp³-hybridized carbons (Fsp3) is 0. The van der Waals surface area contributed by atoms with Crippen LogP contribution in [-0.4, -0.2) is 62.5 Å². The van der Waals surface area contributed by atoms with E-state index in [1.807, 2.05) is 0 Å². The molecule has 0 saturated heterocycles. The molecule has 0 bridgehead atoms. The summed E-state index contributed by atoms with van der Waals surface area (Å²) >= 11 is 0. The van der Waals surface area contributed by atoms with Crippen LogP contribution in [0.25, 0.3) is 0 Å². The van der Waals surface area contributed by atoms with Crippen molar-refractivity contribution in [1.29, 1.82) is 0 Å². The topological polar surface area (TPSA) is 58.6 Å². The summed E-state index contributed by atoms with van der Waals surface area (Å²) in [4.78, 5) is 14.6.